The molecule has 0 saturated heterocycles. The van der Waals surface area contributed by atoms with Crippen LogP contribution >= 0.6 is 24.0 Å². The number of rotatable bonds is 9. The van der Waals surface area contributed by atoms with E-state index in [0.29, 0.717) is 36.1 Å². The molecule has 160 valence electrons. The van der Waals surface area contributed by atoms with Crippen LogP contribution in [0.1, 0.15) is 24.2 Å². The lowest BCUT2D eigenvalue weighted by molar-refractivity contribution is 0.176. The first-order valence-electron chi connectivity index (χ1n) is 9.17. The van der Waals surface area contributed by atoms with E-state index in [-0.39, 0.29) is 30.5 Å². The maximum atomic E-state index is 10.6. The second-order valence-electron chi connectivity index (χ2n) is 6.01. The van der Waals surface area contributed by atoms with E-state index >= 15 is 0 Å². The van der Waals surface area contributed by atoms with Gasteiger partial charge in [-0.1, -0.05) is 18.2 Å². The smallest absolute Gasteiger partial charge is 0.191 e. The molecule has 3 N–H and O–H groups in total. The minimum absolute atomic E-state index is 0. The van der Waals surface area contributed by atoms with Crippen molar-refractivity contribution < 1.29 is 19.3 Å². The Morgan fingerprint density at radius 2 is 1.72 bits per heavy atom. The molecular weight excluding hydrogens is 485 g/mol. The molecule has 29 heavy (non-hydrogen) atoms. The molecule has 0 radical (unpaired) electrons. The van der Waals surface area contributed by atoms with Crippen molar-refractivity contribution >= 4 is 29.9 Å². The van der Waals surface area contributed by atoms with Crippen molar-refractivity contribution in [3.8, 4) is 17.2 Å². The molecule has 0 fully saturated rings. The van der Waals surface area contributed by atoms with Gasteiger partial charge in [0, 0.05) is 24.2 Å². The molecule has 0 aliphatic rings. The second-order valence-corrected chi connectivity index (χ2v) is 6.01. The molecule has 2 aromatic rings. The van der Waals surface area contributed by atoms with Gasteiger partial charge in [0.25, 0.3) is 0 Å². The number of halogens is 1. The Morgan fingerprint density at radius 1 is 1.00 bits per heavy atom. The van der Waals surface area contributed by atoms with Crippen LogP contribution in [0.3, 0.4) is 0 Å². The first-order valence-corrected chi connectivity index (χ1v) is 9.17. The maximum Gasteiger partial charge on any atom is 0.191 e. The average molecular weight is 515 g/mol. The standard InChI is InChI=1S/C21H29N3O4.HI/c1-5-22-21(23-13-15-8-6-7-9-19(15)27-3)24-14-18(25)17-12-16(26-2)10-11-20(17)28-4;/h6-12,18,25H,5,13-14H2,1-4H3,(H2,22,23,24);1H. The fourth-order valence-electron chi connectivity index (χ4n) is 2.74. The third-order valence-corrected chi connectivity index (χ3v) is 4.20. The summed E-state index contributed by atoms with van der Waals surface area (Å²) in [7, 11) is 4.80. The van der Waals surface area contributed by atoms with Crippen LogP contribution in [0.5, 0.6) is 17.2 Å². The fraction of sp³-hybridized carbons (Fsp3) is 0.381. The van der Waals surface area contributed by atoms with Gasteiger partial charge in [-0.15, -0.1) is 24.0 Å². The van der Waals surface area contributed by atoms with Crippen LogP contribution in [0.25, 0.3) is 0 Å². The highest BCUT2D eigenvalue weighted by molar-refractivity contribution is 14.0. The number of methoxy groups -OCH3 is 3. The van der Waals surface area contributed by atoms with Gasteiger partial charge in [0.15, 0.2) is 5.96 Å². The number of guanidine groups is 1. The average Bonchev–Trinajstić information content (AvgIpc) is 2.75. The SMILES string of the molecule is CCNC(=NCc1ccccc1OC)NCC(O)c1cc(OC)ccc1OC.I. The lowest BCUT2D eigenvalue weighted by atomic mass is 10.1. The molecule has 2 rings (SSSR count). The van der Waals surface area contributed by atoms with Gasteiger partial charge in [-0.2, -0.15) is 0 Å². The minimum Gasteiger partial charge on any atom is -0.497 e. The molecule has 0 spiro atoms. The van der Waals surface area contributed by atoms with E-state index in [1.54, 1.807) is 39.5 Å². The highest BCUT2D eigenvalue weighted by Crippen LogP contribution is 2.29. The van der Waals surface area contributed by atoms with Crippen LogP contribution in [0.15, 0.2) is 47.5 Å². The van der Waals surface area contributed by atoms with Gasteiger partial charge in [-0.05, 0) is 31.2 Å². The molecular formula is C21H30IN3O4. The first-order chi connectivity index (χ1) is 13.6. The molecule has 0 aliphatic heterocycles. The van der Waals surface area contributed by atoms with Crippen LogP contribution < -0.4 is 24.8 Å². The van der Waals surface area contributed by atoms with Gasteiger partial charge >= 0.3 is 0 Å². The summed E-state index contributed by atoms with van der Waals surface area (Å²) in [5, 5.41) is 17.0. The molecule has 1 atom stereocenters. The topological polar surface area (TPSA) is 84.3 Å². The number of aliphatic imine (C=N–C) groups is 1. The maximum absolute atomic E-state index is 10.6. The van der Waals surface area contributed by atoms with Crippen molar-refractivity contribution in [3.05, 3.63) is 53.6 Å². The molecule has 8 heteroatoms. The third-order valence-electron chi connectivity index (χ3n) is 4.20. The Kier molecular flexibility index (Phi) is 11.2. The Hall–Kier alpha value is -2.20. The summed E-state index contributed by atoms with van der Waals surface area (Å²) in [5.74, 6) is 2.66. The summed E-state index contributed by atoms with van der Waals surface area (Å²) in [5.41, 5.74) is 1.63. The van der Waals surface area contributed by atoms with Gasteiger partial charge in [0.05, 0.1) is 34.0 Å². The first kappa shape index (κ1) is 24.8. The van der Waals surface area contributed by atoms with E-state index in [0.717, 1.165) is 11.3 Å². The van der Waals surface area contributed by atoms with Crippen LogP contribution in [-0.2, 0) is 6.54 Å². The number of benzene rings is 2. The quantitative estimate of drug-likeness (QED) is 0.271. The van der Waals surface area contributed by atoms with Crippen molar-refractivity contribution in [2.75, 3.05) is 34.4 Å². The zero-order valence-corrected chi connectivity index (χ0v) is 19.6. The van der Waals surface area contributed by atoms with Gasteiger partial charge in [0.2, 0.25) is 0 Å². The van der Waals surface area contributed by atoms with E-state index in [1.165, 1.54) is 0 Å². The summed E-state index contributed by atoms with van der Waals surface area (Å²) in [4.78, 5) is 4.58. The van der Waals surface area contributed by atoms with Crippen LogP contribution in [-0.4, -0.2) is 45.5 Å². The molecule has 0 aliphatic carbocycles. The number of hydrogen-bond acceptors (Lipinski definition) is 5. The van der Waals surface area contributed by atoms with Crippen molar-refractivity contribution in [1.29, 1.82) is 0 Å². The molecule has 0 aromatic heterocycles. The molecule has 0 saturated carbocycles. The van der Waals surface area contributed by atoms with Crippen LogP contribution in [0.2, 0.25) is 0 Å². The lowest BCUT2D eigenvalue weighted by Crippen LogP contribution is -2.39. The van der Waals surface area contributed by atoms with E-state index < -0.39 is 6.10 Å². The molecule has 2 aromatic carbocycles. The highest BCUT2D eigenvalue weighted by Gasteiger charge is 2.15. The Morgan fingerprint density at radius 3 is 2.38 bits per heavy atom. The van der Waals surface area contributed by atoms with Crippen molar-refractivity contribution in [1.82, 2.24) is 10.6 Å². The Bertz CT molecular complexity index is 786. The van der Waals surface area contributed by atoms with Crippen LogP contribution in [0, 0.1) is 0 Å². The summed E-state index contributed by atoms with van der Waals surface area (Å²) in [6.07, 6.45) is -0.792. The zero-order chi connectivity index (χ0) is 20.4. The Balaban J connectivity index is 0.00000420. The van der Waals surface area contributed by atoms with E-state index in [1.807, 2.05) is 31.2 Å². The predicted molar refractivity (Wildman–Crippen MR) is 126 cm³/mol. The fourth-order valence-corrected chi connectivity index (χ4v) is 2.74. The number of aliphatic hydroxyl groups excluding tert-OH is 1. The molecule has 0 heterocycles. The van der Waals surface area contributed by atoms with Gasteiger partial charge in [-0.25, -0.2) is 4.99 Å². The van der Waals surface area contributed by atoms with Crippen LogP contribution in [0.4, 0.5) is 0 Å². The monoisotopic (exact) mass is 515 g/mol. The third kappa shape index (κ3) is 7.28. The number of aliphatic hydroxyl groups is 1. The molecule has 0 amide bonds. The van der Waals surface area contributed by atoms with Crippen molar-refractivity contribution in [2.45, 2.75) is 19.6 Å². The number of nitrogens with one attached hydrogen (secondary N) is 2. The summed E-state index contributed by atoms with van der Waals surface area (Å²) < 4.78 is 16.0. The highest BCUT2D eigenvalue weighted by atomic mass is 127. The second kappa shape index (κ2) is 13.1. The Labute approximate surface area is 189 Å². The summed E-state index contributed by atoms with van der Waals surface area (Å²) in [6, 6.07) is 13.1. The number of nitrogens with zero attached hydrogens (tertiary/aromatic N) is 1. The van der Waals surface area contributed by atoms with Gasteiger partial charge < -0.3 is 30.0 Å². The number of para-hydroxylation sites is 1. The van der Waals surface area contributed by atoms with Gasteiger partial charge in [-0.3, -0.25) is 0 Å². The van der Waals surface area contributed by atoms with Gasteiger partial charge in [0.1, 0.15) is 17.2 Å². The molecule has 0 bridgehead atoms. The van der Waals surface area contributed by atoms with E-state index in [2.05, 4.69) is 15.6 Å². The molecule has 7 nitrogen and oxygen atoms in total. The zero-order valence-electron chi connectivity index (χ0n) is 17.3. The summed E-state index contributed by atoms with van der Waals surface area (Å²) in [6.45, 7) is 3.41. The van der Waals surface area contributed by atoms with E-state index in [9.17, 15) is 5.11 Å². The molecule has 1 unspecified atom stereocenters. The predicted octanol–water partition coefficient (Wildman–Crippen LogP) is 3.12. The minimum atomic E-state index is -0.792. The van der Waals surface area contributed by atoms with E-state index in [4.69, 9.17) is 14.2 Å². The largest absolute Gasteiger partial charge is 0.497 e. The normalized spacial score (nSPS) is 11.8. The van der Waals surface area contributed by atoms with Crippen molar-refractivity contribution in [3.63, 3.8) is 0 Å². The van der Waals surface area contributed by atoms with Crippen molar-refractivity contribution in [2.24, 2.45) is 4.99 Å². The number of hydrogen-bond donors (Lipinski definition) is 3. The lowest BCUT2D eigenvalue weighted by Gasteiger charge is -2.18. The number of ether oxygens (including phenoxy) is 3. The summed E-state index contributed by atoms with van der Waals surface area (Å²) >= 11 is 0.